The predicted octanol–water partition coefficient (Wildman–Crippen LogP) is 4.06. The first kappa shape index (κ1) is 15.5. The molecule has 18 heavy (non-hydrogen) atoms. The Kier molecular flexibility index (Phi) is 6.16. The van der Waals surface area contributed by atoms with Gasteiger partial charge in [-0.1, -0.05) is 49.7 Å². The quantitative estimate of drug-likeness (QED) is 0.856. The number of anilines is 1. The maximum Gasteiger partial charge on any atom is 0.0702 e. The lowest BCUT2D eigenvalue weighted by molar-refractivity contribution is 0.282. The molecule has 0 radical (unpaired) electrons. The first-order valence-corrected chi connectivity index (χ1v) is 7.37. The molecule has 0 bridgehead atoms. The first-order chi connectivity index (χ1) is 8.43. The van der Waals surface area contributed by atoms with Crippen LogP contribution in [0, 0.1) is 11.8 Å². The number of halogens is 1. The fourth-order valence-electron chi connectivity index (χ4n) is 2.12. The molecule has 0 aliphatic heterocycles. The fraction of sp³-hybridized carbons (Fsp3) is 0.600. The molecule has 0 amide bonds. The molecule has 0 fully saturated rings. The van der Waals surface area contributed by atoms with Crippen molar-refractivity contribution < 1.29 is 5.11 Å². The van der Waals surface area contributed by atoms with Crippen LogP contribution in [-0.4, -0.2) is 18.2 Å². The highest BCUT2D eigenvalue weighted by Crippen LogP contribution is 2.27. The van der Waals surface area contributed by atoms with E-state index in [1.165, 1.54) is 0 Å². The molecule has 0 atom stereocenters. The number of aliphatic hydroxyl groups is 1. The van der Waals surface area contributed by atoms with E-state index in [0.29, 0.717) is 11.8 Å². The van der Waals surface area contributed by atoms with E-state index in [9.17, 15) is 5.11 Å². The minimum atomic E-state index is 0.0926. The van der Waals surface area contributed by atoms with Gasteiger partial charge in [-0.05, 0) is 24.0 Å². The molecule has 1 rings (SSSR count). The molecule has 0 saturated carbocycles. The molecule has 0 aromatic heterocycles. The Bertz CT molecular complexity index is 367. The Morgan fingerprint density at radius 2 is 1.67 bits per heavy atom. The third-order valence-electron chi connectivity index (χ3n) is 2.73. The molecular formula is C15H24BrNO. The highest BCUT2D eigenvalue weighted by Gasteiger charge is 2.14. The molecule has 1 aromatic rings. The van der Waals surface area contributed by atoms with Crippen molar-refractivity contribution in [3.8, 4) is 0 Å². The summed E-state index contributed by atoms with van der Waals surface area (Å²) in [4.78, 5) is 2.38. The second-order valence-electron chi connectivity index (χ2n) is 5.62. The summed E-state index contributed by atoms with van der Waals surface area (Å²) in [7, 11) is 0. The van der Waals surface area contributed by atoms with Gasteiger partial charge >= 0.3 is 0 Å². The molecule has 0 heterocycles. The summed E-state index contributed by atoms with van der Waals surface area (Å²) < 4.78 is 1.06. The van der Waals surface area contributed by atoms with E-state index in [-0.39, 0.29) is 6.61 Å². The van der Waals surface area contributed by atoms with E-state index < -0.39 is 0 Å². The van der Waals surface area contributed by atoms with Crippen molar-refractivity contribution in [3.63, 3.8) is 0 Å². The fourth-order valence-corrected chi connectivity index (χ4v) is 2.47. The van der Waals surface area contributed by atoms with Crippen molar-refractivity contribution in [3.05, 3.63) is 28.2 Å². The minimum absolute atomic E-state index is 0.0926. The average Bonchev–Trinajstić information content (AvgIpc) is 2.26. The van der Waals surface area contributed by atoms with Crippen LogP contribution in [0.4, 0.5) is 5.69 Å². The van der Waals surface area contributed by atoms with Crippen molar-refractivity contribution in [2.24, 2.45) is 11.8 Å². The maximum absolute atomic E-state index is 9.48. The van der Waals surface area contributed by atoms with Gasteiger partial charge < -0.3 is 10.0 Å². The second kappa shape index (κ2) is 7.15. The Morgan fingerprint density at radius 1 is 1.11 bits per heavy atom. The molecule has 0 aliphatic carbocycles. The smallest absolute Gasteiger partial charge is 0.0702 e. The van der Waals surface area contributed by atoms with Gasteiger partial charge in [0.2, 0.25) is 0 Å². The van der Waals surface area contributed by atoms with Gasteiger partial charge in [0.25, 0.3) is 0 Å². The van der Waals surface area contributed by atoms with Crippen LogP contribution in [0.5, 0.6) is 0 Å². The highest BCUT2D eigenvalue weighted by molar-refractivity contribution is 9.10. The van der Waals surface area contributed by atoms with Crippen LogP contribution in [0.3, 0.4) is 0 Å². The zero-order valence-corrected chi connectivity index (χ0v) is 13.4. The molecule has 3 heteroatoms. The number of hydrogen-bond acceptors (Lipinski definition) is 2. The summed E-state index contributed by atoms with van der Waals surface area (Å²) in [5.74, 6) is 1.21. The van der Waals surface area contributed by atoms with Gasteiger partial charge in [0.1, 0.15) is 0 Å². The van der Waals surface area contributed by atoms with Crippen LogP contribution in [-0.2, 0) is 6.61 Å². The predicted molar refractivity (Wildman–Crippen MR) is 82.0 cm³/mol. The van der Waals surface area contributed by atoms with E-state index in [0.717, 1.165) is 28.8 Å². The van der Waals surface area contributed by atoms with Crippen LogP contribution in [0.15, 0.2) is 22.7 Å². The van der Waals surface area contributed by atoms with Crippen molar-refractivity contribution in [2.75, 3.05) is 18.0 Å². The lowest BCUT2D eigenvalue weighted by Gasteiger charge is -2.30. The normalized spacial score (nSPS) is 11.3. The van der Waals surface area contributed by atoms with Gasteiger partial charge in [-0.2, -0.15) is 0 Å². The van der Waals surface area contributed by atoms with Crippen molar-refractivity contribution in [1.82, 2.24) is 0 Å². The Hall–Kier alpha value is -0.540. The van der Waals surface area contributed by atoms with Gasteiger partial charge in [0, 0.05) is 28.8 Å². The summed E-state index contributed by atoms with van der Waals surface area (Å²) in [5, 5.41) is 9.48. The zero-order chi connectivity index (χ0) is 13.7. The van der Waals surface area contributed by atoms with Gasteiger partial charge in [-0.15, -0.1) is 0 Å². The molecular weight excluding hydrogens is 290 g/mol. The van der Waals surface area contributed by atoms with E-state index in [1.807, 2.05) is 12.1 Å². The van der Waals surface area contributed by atoms with E-state index >= 15 is 0 Å². The van der Waals surface area contributed by atoms with Crippen molar-refractivity contribution >= 4 is 21.6 Å². The molecule has 0 spiro atoms. The number of benzene rings is 1. The Morgan fingerprint density at radius 3 is 2.11 bits per heavy atom. The average molecular weight is 314 g/mol. The zero-order valence-electron chi connectivity index (χ0n) is 11.8. The maximum atomic E-state index is 9.48. The summed E-state index contributed by atoms with van der Waals surface area (Å²) in [6.45, 7) is 11.0. The number of hydrogen-bond donors (Lipinski definition) is 1. The van der Waals surface area contributed by atoms with E-state index in [2.05, 4.69) is 54.6 Å². The molecule has 0 unspecified atom stereocenters. The van der Waals surface area contributed by atoms with E-state index in [1.54, 1.807) is 0 Å². The van der Waals surface area contributed by atoms with Crippen molar-refractivity contribution in [2.45, 2.75) is 34.3 Å². The topological polar surface area (TPSA) is 23.5 Å². The van der Waals surface area contributed by atoms with E-state index in [4.69, 9.17) is 0 Å². The lowest BCUT2D eigenvalue weighted by atomic mass is 10.1. The third-order valence-corrected chi connectivity index (χ3v) is 3.22. The highest BCUT2D eigenvalue weighted by atomic mass is 79.9. The van der Waals surface area contributed by atoms with Crippen molar-refractivity contribution in [1.29, 1.82) is 0 Å². The molecule has 102 valence electrons. The lowest BCUT2D eigenvalue weighted by Crippen LogP contribution is -2.32. The molecule has 2 nitrogen and oxygen atoms in total. The number of nitrogens with zero attached hydrogens (tertiary/aromatic N) is 1. The van der Waals surface area contributed by atoms with Crippen LogP contribution in [0.25, 0.3) is 0 Å². The van der Waals surface area contributed by atoms with Crippen LogP contribution in [0.2, 0.25) is 0 Å². The first-order valence-electron chi connectivity index (χ1n) is 6.58. The number of aliphatic hydroxyl groups excluding tert-OH is 1. The minimum Gasteiger partial charge on any atom is -0.392 e. The Balaban J connectivity index is 3.05. The van der Waals surface area contributed by atoms with Crippen LogP contribution < -0.4 is 4.90 Å². The van der Waals surface area contributed by atoms with Gasteiger partial charge in [-0.25, -0.2) is 0 Å². The summed E-state index contributed by atoms with van der Waals surface area (Å²) in [6, 6.07) is 6.08. The largest absolute Gasteiger partial charge is 0.392 e. The molecule has 1 N–H and O–H groups in total. The summed E-state index contributed by atoms with van der Waals surface area (Å²) in [6.07, 6.45) is 0. The summed E-state index contributed by atoms with van der Waals surface area (Å²) in [5.41, 5.74) is 2.15. The SMILES string of the molecule is CC(C)CN(CC(C)C)c1cc(Br)ccc1CO. The molecule has 0 aliphatic rings. The van der Waals surface area contributed by atoms with Gasteiger partial charge in [-0.3, -0.25) is 0 Å². The Labute approximate surface area is 119 Å². The van der Waals surface area contributed by atoms with Crippen LogP contribution in [0.1, 0.15) is 33.3 Å². The third kappa shape index (κ3) is 4.62. The number of rotatable bonds is 6. The standard InChI is InChI=1S/C15H24BrNO/c1-11(2)8-17(9-12(3)4)15-7-14(16)6-5-13(15)10-18/h5-7,11-12,18H,8-10H2,1-4H3. The summed E-state index contributed by atoms with van der Waals surface area (Å²) >= 11 is 3.52. The monoisotopic (exact) mass is 313 g/mol. The van der Waals surface area contributed by atoms with Gasteiger partial charge in [0.05, 0.1) is 6.61 Å². The molecule has 1 aromatic carbocycles. The van der Waals surface area contributed by atoms with Crippen LogP contribution >= 0.6 is 15.9 Å². The second-order valence-corrected chi connectivity index (χ2v) is 6.54. The molecule has 0 saturated heterocycles. The van der Waals surface area contributed by atoms with Gasteiger partial charge in [0.15, 0.2) is 0 Å².